The second kappa shape index (κ2) is 9.65. The van der Waals surface area contributed by atoms with Gasteiger partial charge in [-0.25, -0.2) is 0 Å². The summed E-state index contributed by atoms with van der Waals surface area (Å²) in [5, 5.41) is 3.51. The third-order valence-electron chi connectivity index (χ3n) is 5.39. The number of carbonyl (C=O) groups is 1. The number of hydrogen-bond donors (Lipinski definition) is 1. The number of benzene rings is 2. The Bertz CT molecular complexity index is 752. The van der Waals surface area contributed by atoms with Crippen molar-refractivity contribution in [2.45, 2.75) is 44.6 Å². The Morgan fingerprint density at radius 2 is 1.70 bits per heavy atom. The molecule has 1 fully saturated rings. The van der Waals surface area contributed by atoms with Gasteiger partial charge in [0.05, 0.1) is 7.11 Å². The first-order valence-electron chi connectivity index (χ1n) is 9.70. The molecule has 0 amide bonds. The van der Waals surface area contributed by atoms with Crippen LogP contribution in [-0.2, 0) is 0 Å². The van der Waals surface area contributed by atoms with E-state index in [1.54, 1.807) is 7.11 Å². The van der Waals surface area contributed by atoms with Gasteiger partial charge in [-0.1, -0.05) is 61.8 Å². The van der Waals surface area contributed by atoms with Gasteiger partial charge in [0.2, 0.25) is 0 Å². The largest absolute Gasteiger partial charge is 0.497 e. The maximum Gasteiger partial charge on any atom is 0.164 e. The molecule has 0 heterocycles. The third-order valence-corrected chi connectivity index (χ3v) is 5.74. The van der Waals surface area contributed by atoms with E-state index in [1.807, 2.05) is 54.6 Å². The van der Waals surface area contributed by atoms with E-state index >= 15 is 0 Å². The maximum absolute atomic E-state index is 12.9. The molecule has 1 aliphatic rings. The molecular formula is C23H27NO2S. The number of Topliss-reactive ketones (excluding diaryl/α,β-unsaturated/α-hetero) is 1. The molecule has 0 spiro atoms. The molecule has 3 rings (SSSR count). The highest BCUT2D eigenvalue weighted by atomic mass is 32.1. The molecule has 142 valence electrons. The van der Waals surface area contributed by atoms with Gasteiger partial charge in [-0.3, -0.25) is 4.79 Å². The van der Waals surface area contributed by atoms with Gasteiger partial charge in [0.25, 0.3) is 0 Å². The average molecular weight is 382 g/mol. The van der Waals surface area contributed by atoms with Crippen LogP contribution in [0.4, 0.5) is 0 Å². The summed E-state index contributed by atoms with van der Waals surface area (Å²) in [6, 6.07) is 17.4. The maximum atomic E-state index is 12.9. The van der Waals surface area contributed by atoms with E-state index in [-0.39, 0.29) is 11.8 Å². The minimum absolute atomic E-state index is 0.0765. The van der Waals surface area contributed by atoms with Gasteiger partial charge >= 0.3 is 0 Å². The van der Waals surface area contributed by atoms with Gasteiger partial charge in [-0.2, -0.15) is 0 Å². The van der Waals surface area contributed by atoms with Crippen LogP contribution in [0.3, 0.4) is 0 Å². The van der Waals surface area contributed by atoms with Gasteiger partial charge in [0, 0.05) is 23.6 Å². The summed E-state index contributed by atoms with van der Waals surface area (Å²) < 4.78 is 5.19. The summed E-state index contributed by atoms with van der Waals surface area (Å²) in [4.78, 5) is 13.6. The van der Waals surface area contributed by atoms with E-state index in [0.717, 1.165) is 34.7 Å². The van der Waals surface area contributed by atoms with Crippen LogP contribution < -0.4 is 10.1 Å². The number of methoxy groups -OCH3 is 1. The van der Waals surface area contributed by atoms with E-state index in [0.29, 0.717) is 12.3 Å². The highest BCUT2D eigenvalue weighted by molar-refractivity contribution is 7.80. The molecule has 1 atom stereocenters. The summed E-state index contributed by atoms with van der Waals surface area (Å²) in [5.74, 6) is 1.40. The number of hydrogen-bond acceptors (Lipinski definition) is 3. The van der Waals surface area contributed by atoms with Crippen LogP contribution in [0.1, 0.15) is 54.4 Å². The van der Waals surface area contributed by atoms with Crippen molar-refractivity contribution < 1.29 is 9.53 Å². The van der Waals surface area contributed by atoms with Crippen LogP contribution in [0, 0.1) is 5.92 Å². The number of rotatable bonds is 7. The minimum atomic E-state index is 0.0765. The summed E-state index contributed by atoms with van der Waals surface area (Å²) >= 11 is 5.63. The number of ether oxygens (including phenoxy) is 1. The lowest BCUT2D eigenvalue weighted by molar-refractivity contribution is 0.0955. The van der Waals surface area contributed by atoms with Gasteiger partial charge in [-0.05, 0) is 43.0 Å². The quantitative estimate of drug-likeness (QED) is 0.530. The van der Waals surface area contributed by atoms with Crippen molar-refractivity contribution in [2.75, 3.05) is 7.11 Å². The molecule has 0 saturated heterocycles. The zero-order valence-corrected chi connectivity index (χ0v) is 16.6. The molecule has 4 heteroatoms. The Hall–Kier alpha value is -2.20. The minimum Gasteiger partial charge on any atom is -0.497 e. The fraction of sp³-hybridized carbons (Fsp3) is 0.391. The normalized spacial score (nSPS) is 15.7. The Labute approximate surface area is 167 Å². The Morgan fingerprint density at radius 1 is 1.04 bits per heavy atom. The van der Waals surface area contributed by atoms with Crippen molar-refractivity contribution in [3.8, 4) is 5.75 Å². The van der Waals surface area contributed by atoms with E-state index < -0.39 is 0 Å². The fourth-order valence-corrected chi connectivity index (χ4v) is 4.10. The SMILES string of the molecule is COc1ccc(C(=O)CC(NC(=S)c2ccccc2)C2CCCCC2)cc1. The molecule has 2 aromatic rings. The number of thiocarbonyl (C=S) groups is 1. The zero-order chi connectivity index (χ0) is 19.1. The number of carbonyl (C=O) groups excluding carboxylic acids is 1. The second-order valence-corrected chi connectivity index (χ2v) is 7.61. The predicted octanol–water partition coefficient (Wildman–Crippen LogP) is 5.18. The summed E-state index contributed by atoms with van der Waals surface area (Å²) in [7, 11) is 1.63. The van der Waals surface area contributed by atoms with Gasteiger partial charge in [0.15, 0.2) is 5.78 Å². The molecule has 1 N–H and O–H groups in total. The second-order valence-electron chi connectivity index (χ2n) is 7.20. The number of ketones is 1. The molecule has 1 aliphatic carbocycles. The third kappa shape index (κ3) is 5.39. The van der Waals surface area contributed by atoms with Crippen molar-refractivity contribution in [1.82, 2.24) is 5.32 Å². The highest BCUT2D eigenvalue weighted by Gasteiger charge is 2.27. The van der Waals surface area contributed by atoms with Crippen molar-refractivity contribution in [1.29, 1.82) is 0 Å². The topological polar surface area (TPSA) is 38.3 Å². The first-order valence-corrected chi connectivity index (χ1v) is 10.1. The standard InChI is InChI=1S/C23H27NO2S/c1-26-20-14-12-18(13-15-20)22(25)16-21(17-8-4-2-5-9-17)24-23(27)19-10-6-3-7-11-19/h3,6-7,10-15,17,21H,2,4-5,8-9,16H2,1H3,(H,24,27). The van der Waals surface area contributed by atoms with Crippen LogP contribution in [-0.4, -0.2) is 23.9 Å². The van der Waals surface area contributed by atoms with Gasteiger partial charge in [-0.15, -0.1) is 0 Å². The molecule has 0 radical (unpaired) electrons. The van der Waals surface area contributed by atoms with Gasteiger partial charge < -0.3 is 10.1 Å². The van der Waals surface area contributed by atoms with E-state index in [1.165, 1.54) is 19.3 Å². The zero-order valence-electron chi connectivity index (χ0n) is 15.8. The molecule has 2 aromatic carbocycles. The number of nitrogens with one attached hydrogen (secondary N) is 1. The lowest BCUT2D eigenvalue weighted by atomic mass is 9.81. The smallest absolute Gasteiger partial charge is 0.164 e. The van der Waals surface area contributed by atoms with Crippen LogP contribution in [0.2, 0.25) is 0 Å². The van der Waals surface area contributed by atoms with Crippen LogP contribution in [0.5, 0.6) is 5.75 Å². The van der Waals surface area contributed by atoms with Crippen LogP contribution >= 0.6 is 12.2 Å². The summed E-state index contributed by atoms with van der Waals surface area (Å²) in [6.07, 6.45) is 6.54. The van der Waals surface area contributed by atoms with Crippen molar-refractivity contribution in [2.24, 2.45) is 5.92 Å². The Kier molecular flexibility index (Phi) is 6.99. The van der Waals surface area contributed by atoms with E-state index in [2.05, 4.69) is 5.32 Å². The van der Waals surface area contributed by atoms with E-state index in [4.69, 9.17) is 17.0 Å². The van der Waals surface area contributed by atoms with Crippen molar-refractivity contribution >= 4 is 23.0 Å². The summed E-state index contributed by atoms with van der Waals surface area (Å²) in [5.41, 5.74) is 1.73. The Balaban J connectivity index is 1.72. The molecule has 0 aromatic heterocycles. The molecule has 3 nitrogen and oxygen atoms in total. The molecular weight excluding hydrogens is 354 g/mol. The lowest BCUT2D eigenvalue weighted by Crippen LogP contribution is -2.42. The molecule has 27 heavy (non-hydrogen) atoms. The first kappa shape index (κ1) is 19.6. The molecule has 1 saturated carbocycles. The van der Waals surface area contributed by atoms with Crippen LogP contribution in [0.25, 0.3) is 0 Å². The Morgan fingerprint density at radius 3 is 2.33 bits per heavy atom. The monoisotopic (exact) mass is 381 g/mol. The predicted molar refractivity (Wildman–Crippen MR) is 114 cm³/mol. The summed E-state index contributed by atoms with van der Waals surface area (Å²) in [6.45, 7) is 0. The fourth-order valence-electron chi connectivity index (χ4n) is 3.81. The van der Waals surface area contributed by atoms with E-state index in [9.17, 15) is 4.79 Å². The first-order chi connectivity index (χ1) is 13.2. The molecule has 0 bridgehead atoms. The highest BCUT2D eigenvalue weighted by Crippen LogP contribution is 2.29. The van der Waals surface area contributed by atoms with Crippen LogP contribution in [0.15, 0.2) is 54.6 Å². The molecule has 0 aliphatic heterocycles. The average Bonchev–Trinajstić information content (AvgIpc) is 2.74. The molecule has 1 unspecified atom stereocenters. The van der Waals surface area contributed by atoms with Crippen molar-refractivity contribution in [3.63, 3.8) is 0 Å². The van der Waals surface area contributed by atoms with Gasteiger partial charge in [0.1, 0.15) is 10.7 Å². The van der Waals surface area contributed by atoms with Crippen molar-refractivity contribution in [3.05, 3.63) is 65.7 Å². The lowest BCUT2D eigenvalue weighted by Gasteiger charge is -2.31.